The molecule has 0 spiro atoms. The highest BCUT2D eigenvalue weighted by Crippen LogP contribution is 2.25. The third-order valence-electron chi connectivity index (χ3n) is 4.24. The van der Waals surface area contributed by atoms with Gasteiger partial charge in [-0.3, -0.25) is 4.79 Å². The predicted molar refractivity (Wildman–Crippen MR) is 119 cm³/mol. The predicted octanol–water partition coefficient (Wildman–Crippen LogP) is 5.94. The van der Waals surface area contributed by atoms with Gasteiger partial charge < -0.3 is 10.4 Å². The van der Waals surface area contributed by atoms with E-state index >= 15 is 0 Å². The van der Waals surface area contributed by atoms with E-state index in [1.165, 1.54) is 18.2 Å². The summed E-state index contributed by atoms with van der Waals surface area (Å²) in [6.07, 6.45) is 2.15. The largest absolute Gasteiger partial charge is 0.508 e. The maximum absolute atomic E-state index is 12.5. The van der Waals surface area contributed by atoms with Crippen LogP contribution in [0.2, 0.25) is 5.02 Å². The van der Waals surface area contributed by atoms with E-state index < -0.39 is 5.91 Å². The average molecular weight is 468 g/mol. The second kappa shape index (κ2) is 9.42. The van der Waals surface area contributed by atoms with Crippen molar-refractivity contribution in [1.29, 1.82) is 5.26 Å². The fourth-order valence-corrected chi connectivity index (χ4v) is 3.36. The molecule has 4 nitrogen and oxygen atoms in total. The zero-order valence-electron chi connectivity index (χ0n) is 15.2. The minimum Gasteiger partial charge on any atom is -0.508 e. The molecule has 0 atom stereocenters. The van der Waals surface area contributed by atoms with E-state index in [1.807, 2.05) is 36.4 Å². The number of aromatic hydroxyl groups is 1. The first-order chi connectivity index (χ1) is 14.0. The van der Waals surface area contributed by atoms with E-state index in [4.69, 9.17) is 11.6 Å². The molecule has 3 rings (SSSR count). The molecular weight excluding hydrogens is 452 g/mol. The van der Waals surface area contributed by atoms with Gasteiger partial charge in [0.1, 0.15) is 17.4 Å². The van der Waals surface area contributed by atoms with Gasteiger partial charge in [0.25, 0.3) is 5.91 Å². The fourth-order valence-electron chi connectivity index (χ4n) is 2.76. The molecule has 29 heavy (non-hydrogen) atoms. The lowest BCUT2D eigenvalue weighted by atomic mass is 9.98. The summed E-state index contributed by atoms with van der Waals surface area (Å²) >= 11 is 9.70. The molecule has 0 saturated carbocycles. The van der Waals surface area contributed by atoms with Crippen molar-refractivity contribution in [3.63, 3.8) is 0 Å². The highest BCUT2D eigenvalue weighted by Gasteiger charge is 2.12. The molecule has 1 amide bonds. The Morgan fingerprint density at radius 1 is 1.10 bits per heavy atom. The minimum atomic E-state index is -0.537. The Kier molecular flexibility index (Phi) is 6.71. The molecule has 0 fully saturated rings. The second-order valence-corrected chi connectivity index (χ2v) is 7.57. The van der Waals surface area contributed by atoms with Gasteiger partial charge in [0.05, 0.1) is 0 Å². The molecule has 6 heteroatoms. The van der Waals surface area contributed by atoms with Gasteiger partial charge in [-0.1, -0.05) is 51.8 Å². The van der Waals surface area contributed by atoms with Crippen molar-refractivity contribution in [2.45, 2.75) is 6.42 Å². The standard InChI is InChI=1S/C23H16BrClN2O2/c24-22-4-2-1-3-16(22)11-15-5-6-19(25)13-17(15)12-18(14-26)23(29)27-20-7-9-21(28)10-8-20/h1-10,12-13,28H,11H2,(H,27,29)/b18-12+. The lowest BCUT2D eigenvalue weighted by Crippen LogP contribution is -2.13. The van der Waals surface area contributed by atoms with Crippen LogP contribution < -0.4 is 5.32 Å². The van der Waals surface area contributed by atoms with Crippen molar-refractivity contribution >= 4 is 45.2 Å². The van der Waals surface area contributed by atoms with Crippen LogP contribution in [0.3, 0.4) is 0 Å². The fraction of sp³-hybridized carbons (Fsp3) is 0.0435. The van der Waals surface area contributed by atoms with Crippen molar-refractivity contribution in [3.8, 4) is 11.8 Å². The number of phenols is 1. The van der Waals surface area contributed by atoms with Crippen molar-refractivity contribution in [1.82, 2.24) is 0 Å². The van der Waals surface area contributed by atoms with Crippen LogP contribution >= 0.6 is 27.5 Å². The van der Waals surface area contributed by atoms with E-state index in [0.717, 1.165) is 15.6 Å². The van der Waals surface area contributed by atoms with Crippen LogP contribution in [0, 0.1) is 11.3 Å². The SMILES string of the molecule is N#C/C(=C\c1cc(Cl)ccc1Cc1ccccc1Br)C(=O)Nc1ccc(O)cc1. The Bertz CT molecular complexity index is 1120. The lowest BCUT2D eigenvalue weighted by Gasteiger charge is -2.10. The van der Waals surface area contributed by atoms with Crippen molar-refractivity contribution in [3.05, 3.63) is 98.5 Å². The van der Waals surface area contributed by atoms with Gasteiger partial charge in [-0.2, -0.15) is 5.26 Å². The van der Waals surface area contributed by atoms with E-state index in [-0.39, 0.29) is 11.3 Å². The Morgan fingerprint density at radius 2 is 1.83 bits per heavy atom. The van der Waals surface area contributed by atoms with Crippen LogP contribution in [0.25, 0.3) is 6.08 Å². The van der Waals surface area contributed by atoms with E-state index in [1.54, 1.807) is 24.3 Å². The van der Waals surface area contributed by atoms with Crippen molar-refractivity contribution in [2.75, 3.05) is 5.32 Å². The number of nitriles is 1. The van der Waals surface area contributed by atoms with Crippen LogP contribution in [-0.2, 0) is 11.2 Å². The highest BCUT2D eigenvalue weighted by atomic mass is 79.9. The Labute approximate surface area is 182 Å². The molecule has 0 unspecified atom stereocenters. The van der Waals surface area contributed by atoms with Gasteiger partial charge in [-0.15, -0.1) is 0 Å². The molecule has 2 N–H and O–H groups in total. The van der Waals surface area contributed by atoms with E-state index in [0.29, 0.717) is 22.7 Å². The second-order valence-electron chi connectivity index (χ2n) is 6.28. The Hall–Kier alpha value is -3.07. The number of hydrogen-bond donors (Lipinski definition) is 2. The summed E-state index contributed by atoms with van der Waals surface area (Å²) in [5.74, 6) is -0.445. The van der Waals surface area contributed by atoms with Gasteiger partial charge >= 0.3 is 0 Å². The van der Waals surface area contributed by atoms with Gasteiger partial charge in [0.15, 0.2) is 0 Å². The van der Waals surface area contributed by atoms with Gasteiger partial charge in [0, 0.05) is 15.2 Å². The lowest BCUT2D eigenvalue weighted by molar-refractivity contribution is -0.112. The molecule has 0 aliphatic heterocycles. The number of carbonyl (C=O) groups excluding carboxylic acids is 1. The zero-order chi connectivity index (χ0) is 20.8. The third-order valence-corrected chi connectivity index (χ3v) is 5.25. The topological polar surface area (TPSA) is 73.1 Å². The van der Waals surface area contributed by atoms with Gasteiger partial charge in [-0.05, 0) is 71.7 Å². The van der Waals surface area contributed by atoms with Crippen molar-refractivity contribution in [2.24, 2.45) is 0 Å². The molecule has 0 aliphatic rings. The number of nitrogens with zero attached hydrogens (tertiary/aromatic N) is 1. The number of anilines is 1. The first-order valence-electron chi connectivity index (χ1n) is 8.70. The maximum Gasteiger partial charge on any atom is 0.266 e. The van der Waals surface area contributed by atoms with E-state index in [9.17, 15) is 15.2 Å². The Morgan fingerprint density at radius 3 is 2.52 bits per heavy atom. The summed E-state index contributed by atoms with van der Waals surface area (Å²) in [7, 11) is 0. The number of phenolic OH excluding ortho intramolecular Hbond substituents is 1. The van der Waals surface area contributed by atoms with Gasteiger partial charge in [0.2, 0.25) is 0 Å². The quantitative estimate of drug-likeness (QED) is 0.277. The molecule has 0 radical (unpaired) electrons. The third kappa shape index (κ3) is 5.47. The molecule has 3 aromatic carbocycles. The summed E-state index contributed by atoms with van der Waals surface area (Å²) in [4.78, 5) is 12.5. The monoisotopic (exact) mass is 466 g/mol. The molecular formula is C23H16BrClN2O2. The number of hydrogen-bond acceptors (Lipinski definition) is 3. The summed E-state index contributed by atoms with van der Waals surface area (Å²) in [6.45, 7) is 0. The molecule has 0 saturated heterocycles. The summed E-state index contributed by atoms with van der Waals surface area (Å²) in [5, 5.41) is 22.0. The van der Waals surface area contributed by atoms with Crippen molar-refractivity contribution < 1.29 is 9.90 Å². The molecule has 144 valence electrons. The number of benzene rings is 3. The van der Waals surface area contributed by atoms with Crippen LogP contribution in [0.1, 0.15) is 16.7 Å². The number of amides is 1. The number of rotatable bonds is 5. The van der Waals surface area contributed by atoms with Crippen LogP contribution in [-0.4, -0.2) is 11.0 Å². The average Bonchev–Trinajstić information content (AvgIpc) is 2.71. The molecule has 3 aromatic rings. The number of nitrogens with one attached hydrogen (secondary N) is 1. The molecule has 0 bridgehead atoms. The highest BCUT2D eigenvalue weighted by molar-refractivity contribution is 9.10. The molecule has 0 heterocycles. The van der Waals surface area contributed by atoms with Crippen LogP contribution in [0.4, 0.5) is 5.69 Å². The summed E-state index contributed by atoms with van der Waals surface area (Å²) in [6, 6.07) is 21.3. The maximum atomic E-state index is 12.5. The number of carbonyl (C=O) groups is 1. The normalized spacial score (nSPS) is 11.0. The summed E-state index contributed by atoms with van der Waals surface area (Å²) in [5.41, 5.74) is 3.15. The smallest absolute Gasteiger partial charge is 0.266 e. The van der Waals surface area contributed by atoms with Crippen LogP contribution in [0.5, 0.6) is 5.75 Å². The molecule has 0 aromatic heterocycles. The first kappa shape index (κ1) is 20.7. The Balaban J connectivity index is 1.91. The minimum absolute atomic E-state index is 0.0475. The number of halogens is 2. The first-order valence-corrected chi connectivity index (χ1v) is 9.87. The summed E-state index contributed by atoms with van der Waals surface area (Å²) < 4.78 is 0.982. The van der Waals surface area contributed by atoms with Crippen LogP contribution in [0.15, 0.2) is 76.8 Å². The zero-order valence-corrected chi connectivity index (χ0v) is 17.5. The molecule has 0 aliphatic carbocycles. The van der Waals surface area contributed by atoms with Gasteiger partial charge in [-0.25, -0.2) is 0 Å². The van der Waals surface area contributed by atoms with E-state index in [2.05, 4.69) is 21.2 Å².